The van der Waals surface area contributed by atoms with E-state index >= 15 is 0 Å². The van der Waals surface area contributed by atoms with Crippen LogP contribution in [-0.2, 0) is 33.7 Å². The second-order valence-electron chi connectivity index (χ2n) is 6.49. The van der Waals surface area contributed by atoms with Gasteiger partial charge in [-0.1, -0.05) is 66.7 Å². The van der Waals surface area contributed by atoms with Crippen molar-refractivity contribution in [2.75, 3.05) is 5.32 Å². The van der Waals surface area contributed by atoms with Crippen LogP contribution in [0, 0.1) is 0 Å². The lowest BCUT2D eigenvalue weighted by atomic mass is 10.2. The van der Waals surface area contributed by atoms with Gasteiger partial charge in [0.2, 0.25) is 6.29 Å². The van der Waals surface area contributed by atoms with Crippen LogP contribution in [0.1, 0.15) is 16.7 Å². The van der Waals surface area contributed by atoms with Crippen molar-refractivity contribution < 1.29 is 27.4 Å². The number of carbonyl (C=O) groups excluding carboxylic acids is 1. The van der Waals surface area contributed by atoms with Crippen LogP contribution in [0.25, 0.3) is 0 Å². The molecule has 3 rings (SSSR count). The van der Waals surface area contributed by atoms with Crippen molar-refractivity contribution in [1.82, 2.24) is 0 Å². The van der Waals surface area contributed by atoms with Gasteiger partial charge in [-0.15, -0.1) is 0 Å². The van der Waals surface area contributed by atoms with Crippen molar-refractivity contribution in [1.29, 1.82) is 0 Å². The van der Waals surface area contributed by atoms with E-state index in [0.29, 0.717) is 0 Å². The van der Waals surface area contributed by atoms with Crippen molar-refractivity contribution in [3.05, 3.63) is 102 Å². The molecule has 3 aromatic carbocycles. The second kappa shape index (κ2) is 10.0. The molecule has 3 aromatic rings. The normalized spacial score (nSPS) is 11.5. The topological polar surface area (TPSA) is 47.6 Å². The van der Waals surface area contributed by atoms with E-state index in [9.17, 15) is 18.0 Å². The average Bonchev–Trinajstić information content (AvgIpc) is 2.75. The zero-order valence-corrected chi connectivity index (χ0v) is 15.9. The molecule has 1 amide bonds. The van der Waals surface area contributed by atoms with E-state index in [0.717, 1.165) is 23.3 Å². The molecule has 0 aliphatic carbocycles. The summed E-state index contributed by atoms with van der Waals surface area (Å²) in [6.07, 6.45) is -5.81. The Labute approximate surface area is 172 Å². The number of benzene rings is 3. The van der Waals surface area contributed by atoms with E-state index in [-0.39, 0.29) is 18.9 Å². The van der Waals surface area contributed by atoms with Gasteiger partial charge in [-0.25, -0.2) is 0 Å². The first kappa shape index (κ1) is 21.5. The van der Waals surface area contributed by atoms with Gasteiger partial charge in [0.25, 0.3) is 5.91 Å². The first-order valence-electron chi connectivity index (χ1n) is 9.21. The summed E-state index contributed by atoms with van der Waals surface area (Å²) in [4.78, 5) is 12.7. The Hall–Kier alpha value is -3.16. The Bertz CT molecular complexity index is 903. The van der Waals surface area contributed by atoms with Gasteiger partial charge < -0.3 is 14.8 Å². The fraction of sp³-hybridized carbons (Fsp3) is 0.174. The summed E-state index contributed by atoms with van der Waals surface area (Å²) in [6.45, 7) is 0.215. The summed E-state index contributed by atoms with van der Waals surface area (Å²) in [6, 6.07) is 22.8. The van der Waals surface area contributed by atoms with Gasteiger partial charge in [0.1, 0.15) is 0 Å². The highest BCUT2D eigenvalue weighted by molar-refractivity contribution is 5.93. The molecule has 0 spiro atoms. The summed E-state index contributed by atoms with van der Waals surface area (Å²) in [5.41, 5.74) is 0.814. The van der Waals surface area contributed by atoms with Crippen LogP contribution in [0.3, 0.4) is 0 Å². The molecule has 0 atom stereocenters. The molecule has 0 aliphatic heterocycles. The summed E-state index contributed by atoms with van der Waals surface area (Å²) in [7, 11) is 0. The van der Waals surface area contributed by atoms with Gasteiger partial charge >= 0.3 is 6.18 Å². The maximum Gasteiger partial charge on any atom is 0.416 e. The van der Waals surface area contributed by atoms with Gasteiger partial charge in [-0.3, -0.25) is 4.79 Å². The van der Waals surface area contributed by atoms with Gasteiger partial charge in [-0.2, -0.15) is 13.2 Å². The molecule has 0 aliphatic rings. The van der Waals surface area contributed by atoms with Crippen LogP contribution < -0.4 is 5.32 Å². The van der Waals surface area contributed by atoms with Crippen LogP contribution in [0.4, 0.5) is 18.9 Å². The maximum atomic E-state index is 12.9. The van der Waals surface area contributed by atoms with Crippen LogP contribution in [-0.4, -0.2) is 12.2 Å². The lowest BCUT2D eigenvalue weighted by Crippen LogP contribution is -2.33. The third kappa shape index (κ3) is 6.43. The highest BCUT2D eigenvalue weighted by atomic mass is 19.4. The molecule has 0 bridgehead atoms. The molecule has 156 valence electrons. The van der Waals surface area contributed by atoms with Gasteiger partial charge in [0, 0.05) is 5.69 Å². The summed E-state index contributed by atoms with van der Waals surface area (Å²) >= 11 is 0. The number of hydrogen-bond acceptors (Lipinski definition) is 3. The van der Waals surface area contributed by atoms with Gasteiger partial charge in [-0.05, 0) is 29.3 Å². The molecule has 0 fully saturated rings. The van der Waals surface area contributed by atoms with E-state index in [2.05, 4.69) is 5.32 Å². The second-order valence-corrected chi connectivity index (χ2v) is 6.49. The zero-order chi connectivity index (χ0) is 21.4. The summed E-state index contributed by atoms with van der Waals surface area (Å²) < 4.78 is 50.0. The monoisotopic (exact) mass is 415 g/mol. The molecular formula is C23H20F3NO3. The Morgan fingerprint density at radius 2 is 1.33 bits per heavy atom. The van der Waals surface area contributed by atoms with E-state index in [1.165, 1.54) is 12.1 Å². The highest BCUT2D eigenvalue weighted by Gasteiger charge is 2.31. The van der Waals surface area contributed by atoms with Crippen molar-refractivity contribution in [2.45, 2.75) is 25.7 Å². The molecule has 0 heterocycles. The number of ether oxygens (including phenoxy) is 2. The van der Waals surface area contributed by atoms with Crippen LogP contribution in [0.5, 0.6) is 0 Å². The van der Waals surface area contributed by atoms with Crippen LogP contribution in [0.15, 0.2) is 84.9 Å². The van der Waals surface area contributed by atoms with Gasteiger partial charge in [0.05, 0.1) is 18.8 Å². The standard InChI is InChI=1S/C23H20F3NO3/c24-23(25,26)19-12-7-13-20(14-19)27-21(28)22(29-15-17-8-3-1-4-9-17)30-16-18-10-5-2-6-11-18/h1-14,22H,15-16H2,(H,27,28). The number of rotatable bonds is 8. The van der Waals surface area contributed by atoms with Crippen molar-refractivity contribution in [3.63, 3.8) is 0 Å². The summed E-state index contributed by atoms with van der Waals surface area (Å²) in [5, 5.41) is 2.44. The molecule has 0 saturated carbocycles. The van der Waals surface area contributed by atoms with Crippen molar-refractivity contribution in [2.24, 2.45) is 0 Å². The third-order valence-corrected chi connectivity index (χ3v) is 4.16. The average molecular weight is 415 g/mol. The number of alkyl halides is 3. The predicted octanol–water partition coefficient (Wildman–Crippen LogP) is 5.40. The maximum absolute atomic E-state index is 12.9. The summed E-state index contributed by atoms with van der Waals surface area (Å²) in [5.74, 6) is -0.693. The third-order valence-electron chi connectivity index (χ3n) is 4.16. The van der Waals surface area contributed by atoms with Crippen molar-refractivity contribution >= 4 is 11.6 Å². The number of halogens is 3. The molecule has 0 unspecified atom stereocenters. The minimum Gasteiger partial charge on any atom is -0.340 e. The largest absolute Gasteiger partial charge is 0.416 e. The molecule has 0 aromatic heterocycles. The number of nitrogens with one attached hydrogen (secondary N) is 1. The van der Waals surface area contributed by atoms with Gasteiger partial charge in [0.15, 0.2) is 0 Å². The number of amides is 1. The van der Waals surface area contributed by atoms with E-state index in [4.69, 9.17) is 9.47 Å². The number of carbonyl (C=O) groups is 1. The van der Waals surface area contributed by atoms with Crippen LogP contribution >= 0.6 is 0 Å². The fourth-order valence-corrected chi connectivity index (χ4v) is 2.67. The minimum atomic E-state index is -4.51. The Morgan fingerprint density at radius 1 is 0.800 bits per heavy atom. The Morgan fingerprint density at radius 3 is 1.83 bits per heavy atom. The Balaban J connectivity index is 1.70. The van der Waals surface area contributed by atoms with E-state index < -0.39 is 23.9 Å². The molecule has 30 heavy (non-hydrogen) atoms. The smallest absolute Gasteiger partial charge is 0.340 e. The van der Waals surface area contributed by atoms with Crippen molar-refractivity contribution in [3.8, 4) is 0 Å². The molecular weight excluding hydrogens is 395 g/mol. The first-order chi connectivity index (χ1) is 14.4. The van der Waals surface area contributed by atoms with E-state index in [1.807, 2.05) is 60.7 Å². The number of anilines is 1. The molecule has 1 N–H and O–H groups in total. The first-order valence-corrected chi connectivity index (χ1v) is 9.21. The lowest BCUT2D eigenvalue weighted by molar-refractivity contribution is -0.174. The number of hydrogen-bond donors (Lipinski definition) is 1. The highest BCUT2D eigenvalue weighted by Crippen LogP contribution is 2.30. The minimum absolute atomic E-state index is 0.00597. The molecule has 7 heteroatoms. The SMILES string of the molecule is O=C(Nc1cccc(C(F)(F)F)c1)C(OCc1ccccc1)OCc1ccccc1. The molecule has 0 radical (unpaired) electrons. The fourth-order valence-electron chi connectivity index (χ4n) is 2.67. The quantitative estimate of drug-likeness (QED) is 0.501. The van der Waals surface area contributed by atoms with E-state index in [1.54, 1.807) is 0 Å². The predicted molar refractivity (Wildman–Crippen MR) is 106 cm³/mol. The molecule has 0 saturated heterocycles. The van der Waals surface area contributed by atoms with Crippen LogP contribution in [0.2, 0.25) is 0 Å². The molecule has 4 nitrogen and oxygen atoms in total. The lowest BCUT2D eigenvalue weighted by Gasteiger charge is -2.19. The zero-order valence-electron chi connectivity index (χ0n) is 15.9. The Kier molecular flexibility index (Phi) is 7.21.